The van der Waals surface area contributed by atoms with Crippen LogP contribution in [-0.2, 0) is 13.1 Å². The second-order valence-corrected chi connectivity index (χ2v) is 5.78. The van der Waals surface area contributed by atoms with E-state index in [1.807, 2.05) is 35.9 Å². The molecule has 5 nitrogen and oxygen atoms in total. The predicted octanol–water partition coefficient (Wildman–Crippen LogP) is 3.17. The summed E-state index contributed by atoms with van der Waals surface area (Å²) in [5, 5.41) is 17.4. The van der Waals surface area contributed by atoms with Crippen molar-refractivity contribution >= 4 is 5.82 Å². The Morgan fingerprint density at radius 1 is 1.12 bits per heavy atom. The third kappa shape index (κ3) is 3.46. The molecule has 0 aliphatic heterocycles. The van der Waals surface area contributed by atoms with Crippen LogP contribution in [0.5, 0.6) is 0 Å². The van der Waals surface area contributed by atoms with Crippen molar-refractivity contribution in [2.24, 2.45) is 0 Å². The quantitative estimate of drug-likeness (QED) is 0.732. The Bertz CT molecular complexity index is 826. The van der Waals surface area contributed by atoms with Crippen LogP contribution in [0.4, 0.5) is 5.82 Å². The molecule has 0 saturated heterocycles. The maximum absolute atomic E-state index is 9.31. The van der Waals surface area contributed by atoms with Gasteiger partial charge in [-0.3, -0.25) is 4.98 Å². The van der Waals surface area contributed by atoms with Gasteiger partial charge in [-0.1, -0.05) is 30.3 Å². The van der Waals surface area contributed by atoms with Gasteiger partial charge in [-0.15, -0.1) is 0 Å². The third-order valence-corrected chi connectivity index (χ3v) is 4.09. The second kappa shape index (κ2) is 7.27. The first kappa shape index (κ1) is 16.2. The first-order valence-corrected chi connectivity index (χ1v) is 8.08. The smallest absolute Gasteiger partial charge is 0.125 e. The first-order chi connectivity index (χ1) is 11.7. The van der Waals surface area contributed by atoms with E-state index in [2.05, 4.69) is 40.5 Å². The van der Waals surface area contributed by atoms with E-state index in [9.17, 15) is 5.11 Å². The third-order valence-electron chi connectivity index (χ3n) is 4.09. The van der Waals surface area contributed by atoms with Crippen LogP contribution in [0.1, 0.15) is 16.8 Å². The highest BCUT2D eigenvalue weighted by molar-refractivity contribution is 5.66. The minimum Gasteiger partial charge on any atom is -0.394 e. The normalized spacial score (nSPS) is 10.8. The number of aliphatic hydroxyl groups is 1. The number of aliphatic hydroxyl groups excluding tert-OH is 1. The molecule has 3 rings (SSSR count). The van der Waals surface area contributed by atoms with E-state index in [4.69, 9.17) is 0 Å². The summed E-state index contributed by atoms with van der Waals surface area (Å²) in [6.45, 7) is 5.26. The molecular formula is C19H22N4O. The van der Waals surface area contributed by atoms with Gasteiger partial charge in [0, 0.05) is 30.1 Å². The first-order valence-electron chi connectivity index (χ1n) is 8.08. The van der Waals surface area contributed by atoms with E-state index >= 15 is 0 Å². The summed E-state index contributed by atoms with van der Waals surface area (Å²) in [6, 6.07) is 14.2. The van der Waals surface area contributed by atoms with Crippen LogP contribution in [0.3, 0.4) is 0 Å². The molecule has 0 spiro atoms. The lowest BCUT2D eigenvalue weighted by Crippen LogP contribution is -2.11. The maximum Gasteiger partial charge on any atom is 0.125 e. The predicted molar refractivity (Wildman–Crippen MR) is 95.8 cm³/mol. The average molecular weight is 322 g/mol. The van der Waals surface area contributed by atoms with E-state index in [1.165, 1.54) is 5.56 Å². The van der Waals surface area contributed by atoms with Crippen LogP contribution in [-0.4, -0.2) is 26.5 Å². The number of rotatable bonds is 6. The fourth-order valence-corrected chi connectivity index (χ4v) is 2.71. The van der Waals surface area contributed by atoms with Crippen LogP contribution in [0.15, 0.2) is 48.7 Å². The van der Waals surface area contributed by atoms with Gasteiger partial charge in [0.25, 0.3) is 0 Å². The number of nitrogens with zero attached hydrogens (tertiary/aromatic N) is 3. The zero-order chi connectivity index (χ0) is 16.9. The fraction of sp³-hybridized carbons (Fsp3) is 0.263. The molecule has 0 unspecified atom stereocenters. The van der Waals surface area contributed by atoms with Crippen LogP contribution >= 0.6 is 0 Å². The second-order valence-electron chi connectivity index (χ2n) is 5.78. The van der Waals surface area contributed by atoms with E-state index < -0.39 is 0 Å². The molecule has 0 atom stereocenters. The van der Waals surface area contributed by atoms with E-state index in [0.29, 0.717) is 13.1 Å². The van der Waals surface area contributed by atoms with Crippen molar-refractivity contribution in [3.8, 4) is 11.3 Å². The highest BCUT2D eigenvalue weighted by Crippen LogP contribution is 2.25. The fourth-order valence-electron chi connectivity index (χ4n) is 2.71. The Kier molecular flexibility index (Phi) is 4.91. The van der Waals surface area contributed by atoms with Crippen molar-refractivity contribution in [2.75, 3.05) is 11.9 Å². The average Bonchev–Trinajstić information content (AvgIpc) is 2.98. The molecular weight excluding hydrogens is 300 g/mol. The number of anilines is 1. The van der Waals surface area contributed by atoms with Crippen molar-refractivity contribution in [3.63, 3.8) is 0 Å². The molecule has 3 aromatic rings. The molecule has 0 amide bonds. The lowest BCUT2D eigenvalue weighted by molar-refractivity contribution is 0.270. The van der Waals surface area contributed by atoms with Crippen LogP contribution in [0.2, 0.25) is 0 Å². The number of hydrogen-bond acceptors (Lipinski definition) is 4. The Morgan fingerprint density at radius 2 is 1.96 bits per heavy atom. The Labute approximate surface area is 142 Å². The maximum atomic E-state index is 9.31. The number of pyridine rings is 1. The zero-order valence-corrected chi connectivity index (χ0v) is 14.0. The number of benzene rings is 1. The molecule has 5 heteroatoms. The highest BCUT2D eigenvalue weighted by atomic mass is 16.3. The van der Waals surface area contributed by atoms with Crippen molar-refractivity contribution < 1.29 is 5.11 Å². The van der Waals surface area contributed by atoms with Gasteiger partial charge in [0.2, 0.25) is 0 Å². The van der Waals surface area contributed by atoms with Crippen molar-refractivity contribution in [1.82, 2.24) is 14.8 Å². The molecule has 2 heterocycles. The number of aryl methyl sites for hydroxylation is 2. The number of aromatic nitrogens is 3. The minimum atomic E-state index is 0.0511. The summed E-state index contributed by atoms with van der Waals surface area (Å²) in [6.07, 6.45) is 1.80. The van der Waals surface area contributed by atoms with Crippen molar-refractivity contribution in [1.29, 1.82) is 0 Å². The molecule has 0 aliphatic rings. The van der Waals surface area contributed by atoms with Crippen molar-refractivity contribution in [3.05, 3.63) is 65.5 Å². The molecule has 0 radical (unpaired) electrons. The van der Waals surface area contributed by atoms with Gasteiger partial charge in [-0.2, -0.15) is 5.10 Å². The molecule has 2 N–H and O–H groups in total. The van der Waals surface area contributed by atoms with Gasteiger partial charge in [0.1, 0.15) is 5.82 Å². The molecule has 0 aliphatic carbocycles. The van der Waals surface area contributed by atoms with Crippen LogP contribution < -0.4 is 5.32 Å². The van der Waals surface area contributed by atoms with Gasteiger partial charge in [-0.05, 0) is 31.0 Å². The van der Waals surface area contributed by atoms with Gasteiger partial charge in [-0.25, -0.2) is 4.68 Å². The number of nitrogens with one attached hydrogen (secondary N) is 1. The molecule has 0 bridgehead atoms. The summed E-state index contributed by atoms with van der Waals surface area (Å²) >= 11 is 0. The molecule has 24 heavy (non-hydrogen) atoms. The summed E-state index contributed by atoms with van der Waals surface area (Å²) in [5.74, 6) is 0.894. The van der Waals surface area contributed by atoms with Gasteiger partial charge < -0.3 is 10.4 Å². The lowest BCUT2D eigenvalue weighted by atomic mass is 10.1. The topological polar surface area (TPSA) is 63.0 Å². The number of hydrogen-bond donors (Lipinski definition) is 2. The van der Waals surface area contributed by atoms with Gasteiger partial charge in [0.15, 0.2) is 0 Å². The van der Waals surface area contributed by atoms with E-state index in [0.717, 1.165) is 28.3 Å². The van der Waals surface area contributed by atoms with Crippen LogP contribution in [0.25, 0.3) is 11.3 Å². The van der Waals surface area contributed by atoms with Gasteiger partial charge in [0.05, 0.1) is 18.8 Å². The lowest BCUT2D eigenvalue weighted by Gasteiger charge is -2.09. The largest absolute Gasteiger partial charge is 0.394 e. The summed E-state index contributed by atoms with van der Waals surface area (Å²) < 4.78 is 1.81. The summed E-state index contributed by atoms with van der Waals surface area (Å²) in [7, 11) is 0. The molecule has 0 saturated carbocycles. The molecule has 1 aromatic carbocycles. The van der Waals surface area contributed by atoms with Gasteiger partial charge >= 0.3 is 0 Å². The monoisotopic (exact) mass is 322 g/mol. The summed E-state index contributed by atoms with van der Waals surface area (Å²) in [4.78, 5) is 4.31. The SMILES string of the molecule is Cc1ccccc1-c1cc(NCc2cccnc2C)n(CCO)n1. The van der Waals surface area contributed by atoms with E-state index in [1.54, 1.807) is 6.20 Å². The molecule has 2 aromatic heterocycles. The molecule has 124 valence electrons. The minimum absolute atomic E-state index is 0.0511. The van der Waals surface area contributed by atoms with Crippen LogP contribution in [0, 0.1) is 13.8 Å². The van der Waals surface area contributed by atoms with E-state index in [-0.39, 0.29) is 6.61 Å². The Morgan fingerprint density at radius 3 is 2.71 bits per heavy atom. The standard InChI is InChI=1S/C19H22N4O/c1-14-6-3-4-8-17(14)18-12-19(23(22-18)10-11-24)21-13-16-7-5-9-20-15(16)2/h3-9,12,21,24H,10-11,13H2,1-2H3. The highest BCUT2D eigenvalue weighted by Gasteiger charge is 2.11. The molecule has 0 fully saturated rings. The Hall–Kier alpha value is -2.66. The van der Waals surface area contributed by atoms with Crippen molar-refractivity contribution in [2.45, 2.75) is 26.9 Å². The Balaban J connectivity index is 1.87. The summed E-state index contributed by atoms with van der Waals surface area (Å²) in [5.41, 5.74) is 5.35. The zero-order valence-electron chi connectivity index (χ0n) is 14.0.